The van der Waals surface area contributed by atoms with Crippen molar-refractivity contribution < 1.29 is 19.5 Å². The zero-order valence-electron chi connectivity index (χ0n) is 3.85. The summed E-state index contributed by atoms with van der Waals surface area (Å²) >= 11 is 0. The Morgan fingerprint density at radius 2 is 2.00 bits per heavy atom. The van der Waals surface area contributed by atoms with Crippen molar-refractivity contribution >= 4 is 7.75 Å². The van der Waals surface area contributed by atoms with E-state index in [1.54, 1.807) is 0 Å². The van der Waals surface area contributed by atoms with E-state index < -0.39 is 14.1 Å². The van der Waals surface area contributed by atoms with Crippen LogP contribution in [0.1, 0.15) is 0 Å². The average molecular weight is 142 g/mol. The van der Waals surface area contributed by atoms with E-state index in [1.165, 1.54) is 5.09 Å². The molecule has 0 fully saturated rings. The number of aliphatic hydroxyl groups is 1. The molecule has 1 atom stereocenters. The summed E-state index contributed by atoms with van der Waals surface area (Å²) in [6, 6.07) is 0. The van der Waals surface area contributed by atoms with Gasteiger partial charge < -0.3 is 14.9 Å². The van der Waals surface area contributed by atoms with E-state index in [0.29, 0.717) is 0 Å². The number of nitrogens with two attached hydrogens (primary N) is 1. The second kappa shape index (κ2) is 2.54. The van der Waals surface area contributed by atoms with Crippen molar-refractivity contribution in [3.63, 3.8) is 0 Å². The van der Waals surface area contributed by atoms with Crippen LogP contribution in [0.2, 0.25) is 0 Å². The van der Waals surface area contributed by atoms with Gasteiger partial charge in [-0.05, 0) is 0 Å². The molecular weight excluding hydrogens is 135 g/mol. The van der Waals surface area contributed by atoms with Crippen LogP contribution < -0.4 is 10.8 Å². The maximum absolute atomic E-state index is 9.78. The van der Waals surface area contributed by atoms with Crippen molar-refractivity contribution in [2.24, 2.45) is 5.73 Å². The third kappa shape index (κ3) is 6.03. The van der Waals surface area contributed by atoms with Crippen molar-refractivity contribution in [1.82, 2.24) is 5.09 Å². The van der Waals surface area contributed by atoms with Gasteiger partial charge in [0, 0.05) is 0 Å². The predicted molar refractivity (Wildman–Crippen MR) is 25.4 cm³/mol. The second-order valence-corrected chi connectivity index (χ2v) is 2.46. The molecule has 50 valence electrons. The summed E-state index contributed by atoms with van der Waals surface area (Å²) in [4.78, 5) is 15.9. The molecule has 0 saturated heterocycles. The zero-order valence-corrected chi connectivity index (χ0v) is 4.75. The summed E-state index contributed by atoms with van der Waals surface area (Å²) in [5, 5.41) is 9.44. The van der Waals surface area contributed by atoms with E-state index in [1.807, 2.05) is 0 Å². The van der Waals surface area contributed by atoms with Crippen molar-refractivity contribution in [3.8, 4) is 0 Å². The van der Waals surface area contributed by atoms with Crippen molar-refractivity contribution in [2.45, 2.75) is 6.35 Å². The van der Waals surface area contributed by atoms with Gasteiger partial charge >= 0.3 is 7.75 Å². The molecule has 0 spiro atoms. The average Bonchev–Trinajstić information content (AvgIpc) is 1.21. The molecule has 0 saturated carbocycles. The maximum Gasteiger partial charge on any atom is 0.403 e. The van der Waals surface area contributed by atoms with Crippen LogP contribution in [0.5, 0.6) is 0 Å². The molecule has 0 aromatic carbocycles. The fraction of sp³-hybridized carbons (Fsp3) is 1.00. The fourth-order valence-electron chi connectivity index (χ4n) is 0.172. The third-order valence-corrected chi connectivity index (χ3v) is 0.901. The van der Waals surface area contributed by atoms with Crippen LogP contribution in [-0.4, -0.2) is 21.2 Å². The van der Waals surface area contributed by atoms with E-state index in [0.717, 1.165) is 0 Å². The molecule has 6 N–H and O–H groups in total. The third-order valence-electron chi connectivity index (χ3n) is 0.300. The first-order chi connectivity index (χ1) is 3.42. The molecule has 0 aliphatic rings. The van der Waals surface area contributed by atoms with E-state index in [9.17, 15) is 4.57 Å². The van der Waals surface area contributed by atoms with E-state index >= 15 is 0 Å². The summed E-state index contributed by atoms with van der Waals surface area (Å²) in [7, 11) is -4.35. The lowest BCUT2D eigenvalue weighted by atomic mass is 11.1. The Hall–Kier alpha value is 0.0300. The fourth-order valence-corrected chi connectivity index (χ4v) is 0.517. The molecule has 0 radical (unpaired) electrons. The Bertz CT molecular complexity index is 107. The minimum atomic E-state index is -4.35. The highest BCUT2D eigenvalue weighted by molar-refractivity contribution is 7.49. The van der Waals surface area contributed by atoms with Crippen LogP contribution in [0, 0.1) is 0 Å². The molecular formula is CH7N2O4P. The van der Waals surface area contributed by atoms with Crippen LogP contribution >= 0.6 is 7.75 Å². The lowest BCUT2D eigenvalue weighted by Gasteiger charge is -2.06. The molecule has 0 amide bonds. The molecule has 0 rings (SSSR count). The van der Waals surface area contributed by atoms with E-state index in [2.05, 4.69) is 5.73 Å². The van der Waals surface area contributed by atoms with Gasteiger partial charge in [-0.1, -0.05) is 0 Å². The molecule has 0 aromatic heterocycles. The van der Waals surface area contributed by atoms with Crippen LogP contribution in [0.4, 0.5) is 0 Å². The molecule has 1 unspecified atom stereocenters. The highest BCUT2D eigenvalue weighted by Crippen LogP contribution is 2.27. The van der Waals surface area contributed by atoms with Crippen LogP contribution in [-0.2, 0) is 4.57 Å². The molecule has 8 heavy (non-hydrogen) atoms. The number of aliphatic hydroxyl groups excluding tert-OH is 1. The second-order valence-electron chi connectivity index (χ2n) is 1.12. The minimum absolute atomic E-state index is 1.38. The number of hydrogen-bond donors (Lipinski definition) is 5. The number of hydrogen-bond acceptors (Lipinski definition) is 3. The SMILES string of the molecule is NC(O)NP(=O)(O)O. The van der Waals surface area contributed by atoms with Gasteiger partial charge in [-0.3, -0.25) is 5.73 Å². The van der Waals surface area contributed by atoms with Crippen molar-refractivity contribution in [3.05, 3.63) is 0 Å². The molecule has 0 aromatic rings. The summed E-state index contributed by atoms with van der Waals surface area (Å²) in [6.45, 7) is 0. The monoisotopic (exact) mass is 142 g/mol. The Morgan fingerprint density at radius 3 is 2.00 bits per heavy atom. The van der Waals surface area contributed by atoms with Gasteiger partial charge in [0.05, 0.1) is 0 Å². The summed E-state index contributed by atoms with van der Waals surface area (Å²) in [5.74, 6) is 0. The van der Waals surface area contributed by atoms with E-state index in [-0.39, 0.29) is 0 Å². The first-order valence-corrected chi connectivity index (χ1v) is 3.30. The quantitative estimate of drug-likeness (QED) is 0.223. The Labute approximate surface area is 45.5 Å². The lowest BCUT2D eigenvalue weighted by Crippen LogP contribution is -2.34. The Balaban J connectivity index is 3.56. The summed E-state index contributed by atoms with van der Waals surface area (Å²) < 4.78 is 9.78. The Morgan fingerprint density at radius 1 is 1.62 bits per heavy atom. The van der Waals surface area contributed by atoms with Gasteiger partial charge in [-0.25, -0.2) is 4.57 Å². The largest absolute Gasteiger partial charge is 0.403 e. The molecule has 0 heterocycles. The smallest absolute Gasteiger partial charge is 0.365 e. The van der Waals surface area contributed by atoms with Crippen LogP contribution in [0.15, 0.2) is 0 Å². The molecule has 7 heteroatoms. The van der Waals surface area contributed by atoms with Gasteiger partial charge in [0.25, 0.3) is 0 Å². The molecule has 6 nitrogen and oxygen atoms in total. The molecule has 0 aliphatic carbocycles. The first kappa shape index (κ1) is 8.03. The Kier molecular flexibility index (Phi) is 2.55. The number of rotatable bonds is 2. The van der Waals surface area contributed by atoms with Gasteiger partial charge in [-0.2, -0.15) is 5.09 Å². The van der Waals surface area contributed by atoms with Gasteiger partial charge in [-0.15, -0.1) is 0 Å². The summed E-state index contributed by atoms with van der Waals surface area (Å²) in [5.41, 5.74) is 4.53. The van der Waals surface area contributed by atoms with Gasteiger partial charge in [0.15, 0.2) is 6.35 Å². The van der Waals surface area contributed by atoms with E-state index in [4.69, 9.17) is 14.9 Å². The lowest BCUT2D eigenvalue weighted by molar-refractivity contribution is 0.158. The van der Waals surface area contributed by atoms with Crippen molar-refractivity contribution in [2.75, 3.05) is 0 Å². The van der Waals surface area contributed by atoms with Crippen LogP contribution in [0.3, 0.4) is 0 Å². The molecule has 0 aliphatic heterocycles. The number of nitrogens with one attached hydrogen (secondary N) is 1. The van der Waals surface area contributed by atoms with Gasteiger partial charge in [0.1, 0.15) is 0 Å². The topological polar surface area (TPSA) is 116 Å². The molecule has 0 bridgehead atoms. The first-order valence-electron chi connectivity index (χ1n) is 1.69. The normalized spacial score (nSPS) is 16.0. The van der Waals surface area contributed by atoms with Gasteiger partial charge in [0.2, 0.25) is 0 Å². The minimum Gasteiger partial charge on any atom is -0.365 e. The highest BCUT2D eigenvalue weighted by Gasteiger charge is 2.13. The standard InChI is InChI=1S/CH7N2O4P/c2-1(4)3-8(5,6)7/h1,4H,2H2,(H3,3,5,6,7). The zero-order chi connectivity index (χ0) is 6.78. The van der Waals surface area contributed by atoms with Crippen molar-refractivity contribution in [1.29, 1.82) is 0 Å². The predicted octanol–water partition coefficient (Wildman–Crippen LogP) is -2.10. The highest BCUT2D eigenvalue weighted by atomic mass is 31.2. The summed E-state index contributed by atoms with van der Waals surface area (Å²) in [6.07, 6.45) is -1.67. The maximum atomic E-state index is 9.78. The van der Waals surface area contributed by atoms with Crippen LogP contribution in [0.25, 0.3) is 0 Å².